The highest BCUT2D eigenvalue weighted by atomic mass is 32.2. The minimum atomic E-state index is -2.89. The Morgan fingerprint density at radius 2 is 1.86 bits per heavy atom. The zero-order chi connectivity index (χ0) is 20.1. The fraction of sp³-hybridized carbons (Fsp3) is 0.167. The van der Waals surface area contributed by atoms with E-state index in [2.05, 4.69) is 20.3 Å². The molecule has 1 amide bonds. The third kappa shape index (κ3) is 4.97. The fourth-order valence-corrected chi connectivity index (χ4v) is 2.98. The Kier molecular flexibility index (Phi) is 6.09. The molecule has 146 valence electrons. The number of aryl methyl sites for hydroxylation is 1. The fourth-order valence-electron chi connectivity index (χ4n) is 2.32. The van der Waals surface area contributed by atoms with E-state index >= 15 is 0 Å². The van der Waals surface area contributed by atoms with Gasteiger partial charge in [0.05, 0.1) is 5.75 Å². The van der Waals surface area contributed by atoms with Gasteiger partial charge in [0.1, 0.15) is 5.75 Å². The molecule has 0 fully saturated rings. The first kappa shape index (κ1) is 19.6. The number of hydrogen-bond donors (Lipinski definition) is 2. The van der Waals surface area contributed by atoms with Gasteiger partial charge >= 0.3 is 6.61 Å². The smallest absolute Gasteiger partial charge is 0.387 e. The Balaban J connectivity index is 1.61. The van der Waals surface area contributed by atoms with Crippen LogP contribution in [0.5, 0.6) is 5.75 Å². The first-order chi connectivity index (χ1) is 13.4. The van der Waals surface area contributed by atoms with E-state index in [0.29, 0.717) is 22.2 Å². The average Bonchev–Trinajstić information content (AvgIpc) is 3.03. The lowest BCUT2D eigenvalue weighted by Gasteiger charge is -2.07. The van der Waals surface area contributed by atoms with Crippen LogP contribution in [-0.2, 0) is 4.79 Å². The number of hydrogen-bond acceptors (Lipinski definition) is 6. The van der Waals surface area contributed by atoms with Crippen molar-refractivity contribution in [3.05, 3.63) is 54.1 Å². The molecular weight excluding hydrogens is 388 g/mol. The predicted octanol–water partition coefficient (Wildman–Crippen LogP) is 3.30. The van der Waals surface area contributed by atoms with Gasteiger partial charge in [0.2, 0.25) is 11.1 Å². The maximum absolute atomic E-state index is 12.2. The minimum Gasteiger partial charge on any atom is -0.435 e. The topological polar surface area (TPSA) is 95.1 Å². The summed E-state index contributed by atoms with van der Waals surface area (Å²) in [5.74, 6) is 6.27. The number of benzene rings is 2. The molecular formula is C18H17F2N5O2S. The van der Waals surface area contributed by atoms with Crippen molar-refractivity contribution in [3.8, 4) is 17.1 Å². The van der Waals surface area contributed by atoms with Crippen molar-refractivity contribution in [3.63, 3.8) is 0 Å². The van der Waals surface area contributed by atoms with E-state index in [9.17, 15) is 13.6 Å². The molecule has 0 atom stereocenters. The van der Waals surface area contributed by atoms with Crippen LogP contribution in [0.3, 0.4) is 0 Å². The highest BCUT2D eigenvalue weighted by Crippen LogP contribution is 2.24. The van der Waals surface area contributed by atoms with Crippen LogP contribution in [0.15, 0.2) is 53.7 Å². The molecule has 0 saturated carbocycles. The largest absolute Gasteiger partial charge is 0.435 e. The van der Waals surface area contributed by atoms with Gasteiger partial charge in [-0.1, -0.05) is 29.5 Å². The van der Waals surface area contributed by atoms with Gasteiger partial charge in [0.25, 0.3) is 0 Å². The molecule has 3 rings (SSSR count). The van der Waals surface area contributed by atoms with Gasteiger partial charge in [-0.15, -0.1) is 10.2 Å². The Labute approximate surface area is 163 Å². The average molecular weight is 405 g/mol. The van der Waals surface area contributed by atoms with Crippen molar-refractivity contribution >= 4 is 23.4 Å². The third-order valence-corrected chi connectivity index (χ3v) is 4.61. The van der Waals surface area contributed by atoms with Crippen LogP contribution in [0, 0.1) is 6.92 Å². The van der Waals surface area contributed by atoms with Gasteiger partial charge in [-0.3, -0.25) is 4.79 Å². The van der Waals surface area contributed by atoms with Crippen molar-refractivity contribution in [1.29, 1.82) is 0 Å². The number of nitrogen functional groups attached to an aromatic ring is 1. The van der Waals surface area contributed by atoms with Gasteiger partial charge in [-0.05, 0) is 43.3 Å². The number of carbonyl (C=O) groups is 1. The first-order valence-electron chi connectivity index (χ1n) is 8.17. The van der Waals surface area contributed by atoms with Crippen LogP contribution in [-0.4, -0.2) is 33.1 Å². The summed E-state index contributed by atoms with van der Waals surface area (Å²) >= 11 is 1.13. The normalized spacial score (nSPS) is 10.9. The Hall–Kier alpha value is -3.14. The van der Waals surface area contributed by atoms with Gasteiger partial charge in [-0.2, -0.15) is 8.78 Å². The summed E-state index contributed by atoms with van der Waals surface area (Å²) in [7, 11) is 0. The number of ether oxygens (including phenoxy) is 1. The van der Waals surface area contributed by atoms with Gasteiger partial charge in [0, 0.05) is 11.3 Å². The van der Waals surface area contributed by atoms with Crippen LogP contribution in [0.4, 0.5) is 14.5 Å². The summed E-state index contributed by atoms with van der Waals surface area (Å²) in [6, 6.07) is 13.3. The second-order valence-corrected chi connectivity index (χ2v) is 6.72. The first-order valence-corrected chi connectivity index (χ1v) is 9.16. The molecule has 28 heavy (non-hydrogen) atoms. The molecule has 0 aliphatic carbocycles. The number of anilines is 1. The zero-order valence-corrected chi connectivity index (χ0v) is 15.6. The van der Waals surface area contributed by atoms with Crippen LogP contribution >= 0.6 is 11.8 Å². The number of nitrogens with one attached hydrogen (secondary N) is 1. The molecule has 3 N–H and O–H groups in total. The van der Waals surface area contributed by atoms with Crippen molar-refractivity contribution < 1.29 is 18.3 Å². The van der Waals surface area contributed by atoms with Gasteiger partial charge in [-0.25, -0.2) is 4.68 Å². The molecule has 10 heteroatoms. The summed E-state index contributed by atoms with van der Waals surface area (Å²) in [6.45, 7) is -0.926. The summed E-state index contributed by atoms with van der Waals surface area (Å²) < 4.78 is 30.0. The molecule has 0 bridgehead atoms. The summed E-state index contributed by atoms with van der Waals surface area (Å²) in [5.41, 5.74) is 2.38. The number of amides is 1. The van der Waals surface area contributed by atoms with E-state index in [1.165, 1.54) is 16.8 Å². The van der Waals surface area contributed by atoms with Crippen molar-refractivity contribution in [2.24, 2.45) is 0 Å². The molecule has 0 aliphatic heterocycles. The van der Waals surface area contributed by atoms with E-state index < -0.39 is 6.61 Å². The molecule has 1 heterocycles. The molecule has 0 spiro atoms. The molecule has 0 saturated heterocycles. The molecule has 0 unspecified atom stereocenters. The highest BCUT2D eigenvalue weighted by Gasteiger charge is 2.14. The number of nitrogens with zero attached hydrogens (tertiary/aromatic N) is 3. The van der Waals surface area contributed by atoms with Crippen LogP contribution in [0.1, 0.15) is 5.56 Å². The Morgan fingerprint density at radius 1 is 1.18 bits per heavy atom. The van der Waals surface area contributed by atoms with Crippen LogP contribution in [0.25, 0.3) is 11.4 Å². The predicted molar refractivity (Wildman–Crippen MR) is 103 cm³/mol. The van der Waals surface area contributed by atoms with Crippen molar-refractivity contribution in [1.82, 2.24) is 14.9 Å². The molecule has 1 aromatic heterocycles. The second-order valence-electron chi connectivity index (χ2n) is 5.78. The Bertz CT molecular complexity index is 946. The maximum atomic E-state index is 12.2. The summed E-state index contributed by atoms with van der Waals surface area (Å²) in [6.07, 6.45) is 0. The molecule has 7 nitrogen and oxygen atoms in total. The highest BCUT2D eigenvalue weighted by molar-refractivity contribution is 7.99. The maximum Gasteiger partial charge on any atom is 0.387 e. The molecule has 3 aromatic rings. The number of rotatable bonds is 7. The SMILES string of the molecule is Cc1ccc(NC(=O)CSc2nnc(-c3ccc(OC(F)F)cc3)n2N)cc1. The quantitative estimate of drug-likeness (QED) is 0.463. The van der Waals surface area contributed by atoms with Gasteiger partial charge in [0.15, 0.2) is 5.82 Å². The van der Waals surface area contributed by atoms with Gasteiger partial charge < -0.3 is 15.9 Å². The van der Waals surface area contributed by atoms with E-state index in [0.717, 1.165) is 17.3 Å². The molecule has 0 aliphatic rings. The lowest BCUT2D eigenvalue weighted by Crippen LogP contribution is -2.16. The number of nitrogens with two attached hydrogens (primary N) is 1. The lowest BCUT2D eigenvalue weighted by atomic mass is 10.2. The van der Waals surface area contributed by atoms with Crippen molar-refractivity contribution in [2.45, 2.75) is 18.7 Å². The monoisotopic (exact) mass is 405 g/mol. The molecule has 2 aromatic carbocycles. The molecule has 0 radical (unpaired) electrons. The van der Waals surface area contributed by atoms with Crippen LogP contribution in [0.2, 0.25) is 0 Å². The lowest BCUT2D eigenvalue weighted by molar-refractivity contribution is -0.113. The zero-order valence-electron chi connectivity index (χ0n) is 14.8. The summed E-state index contributed by atoms with van der Waals surface area (Å²) in [5, 5.41) is 11.1. The minimum absolute atomic E-state index is 0.0317. The van der Waals surface area contributed by atoms with E-state index in [4.69, 9.17) is 5.84 Å². The van der Waals surface area contributed by atoms with E-state index in [1.54, 1.807) is 12.1 Å². The number of thioether (sulfide) groups is 1. The standard InChI is InChI=1S/C18H17F2N5O2S/c1-11-2-6-13(7-3-11)22-15(26)10-28-18-24-23-16(25(18)21)12-4-8-14(9-5-12)27-17(19)20/h2-9,17H,10,21H2,1H3,(H,22,26). The van der Waals surface area contributed by atoms with Crippen molar-refractivity contribution in [2.75, 3.05) is 16.9 Å². The second kappa shape index (κ2) is 8.70. The van der Waals surface area contributed by atoms with E-state index in [1.807, 2.05) is 31.2 Å². The summed E-state index contributed by atoms with van der Waals surface area (Å²) in [4.78, 5) is 12.1. The number of carbonyl (C=O) groups excluding carboxylic acids is 1. The third-order valence-electron chi connectivity index (χ3n) is 3.67. The van der Waals surface area contributed by atoms with E-state index in [-0.39, 0.29) is 17.4 Å². The van der Waals surface area contributed by atoms with Crippen LogP contribution < -0.4 is 15.9 Å². The number of alkyl halides is 2. The Morgan fingerprint density at radius 3 is 2.50 bits per heavy atom. The number of aromatic nitrogens is 3. The number of halogens is 2.